The van der Waals surface area contributed by atoms with Crippen LogP contribution in [0.4, 0.5) is 0 Å². The largest absolute Gasteiger partial charge is 0.480 e. The predicted molar refractivity (Wildman–Crippen MR) is 63.1 cm³/mol. The topological polar surface area (TPSA) is 104 Å². The number of aliphatic carboxylic acids is 1. The molecule has 0 aromatic carbocycles. The molecule has 96 valence electrons. The average molecular weight is 233 g/mol. The van der Waals surface area contributed by atoms with Crippen molar-refractivity contribution >= 4 is 11.9 Å². The van der Waals surface area contributed by atoms with Gasteiger partial charge in [0.15, 0.2) is 0 Å². The highest BCUT2D eigenvalue weighted by molar-refractivity contribution is 5.85. The van der Waals surface area contributed by atoms with Crippen molar-refractivity contribution < 1.29 is 14.7 Å². The molecule has 0 heterocycles. The predicted octanol–water partition coefficient (Wildman–Crippen LogP) is -0.604. The molecule has 0 bridgehead atoms. The first kappa shape index (κ1) is 17.3. The molecule has 1 amide bonds. The molecule has 0 saturated carbocycles. The van der Waals surface area contributed by atoms with E-state index in [2.05, 4.69) is 31.4 Å². The van der Waals surface area contributed by atoms with Crippen LogP contribution in [0.15, 0.2) is 0 Å². The van der Waals surface area contributed by atoms with E-state index < -0.39 is 24.5 Å². The second-order valence-electron chi connectivity index (χ2n) is 4.01. The van der Waals surface area contributed by atoms with Crippen LogP contribution >= 0.6 is 0 Å². The summed E-state index contributed by atoms with van der Waals surface area (Å²) in [5, 5.41) is 13.1. The number of nitrogens with two attached hydrogens (primary N) is 1. The monoisotopic (exact) mass is 233 g/mol. The van der Waals surface area contributed by atoms with Crippen LogP contribution in [-0.4, -0.2) is 43.2 Å². The number of carbonyl (C=O) groups is 2. The Morgan fingerprint density at radius 2 is 1.75 bits per heavy atom. The molecule has 0 aliphatic heterocycles. The molecule has 0 aromatic rings. The smallest absolute Gasteiger partial charge is 0.322 e. The lowest BCUT2D eigenvalue weighted by Gasteiger charge is -2.09. The summed E-state index contributed by atoms with van der Waals surface area (Å²) in [4.78, 5) is 20.9. The number of hydrogen-bond donors (Lipinski definition) is 4. The lowest BCUT2D eigenvalue weighted by molar-refractivity contribution is -0.138. The first-order chi connectivity index (χ1) is 7.31. The van der Waals surface area contributed by atoms with Gasteiger partial charge in [-0.1, -0.05) is 20.8 Å². The second kappa shape index (κ2) is 10.4. The maximum Gasteiger partial charge on any atom is 0.322 e. The summed E-state index contributed by atoms with van der Waals surface area (Å²) >= 11 is 0. The Kier molecular flexibility index (Phi) is 11.2. The Balaban J connectivity index is 0. The van der Waals surface area contributed by atoms with Crippen LogP contribution in [0.1, 0.15) is 20.8 Å². The molecular formula is C10H23N3O3. The number of carbonyl (C=O) groups excluding carboxylic acids is 1. The number of nitrogens with one attached hydrogen (secondary N) is 2. The first-order valence-electron chi connectivity index (χ1n) is 5.20. The molecule has 6 nitrogen and oxygen atoms in total. The number of hydrogen-bond acceptors (Lipinski definition) is 4. The van der Waals surface area contributed by atoms with E-state index in [1.54, 1.807) is 7.05 Å². The van der Waals surface area contributed by atoms with Crippen molar-refractivity contribution in [1.29, 1.82) is 0 Å². The van der Waals surface area contributed by atoms with Gasteiger partial charge in [-0.05, 0) is 13.0 Å². The van der Waals surface area contributed by atoms with Crippen LogP contribution in [0.2, 0.25) is 0 Å². The van der Waals surface area contributed by atoms with Gasteiger partial charge in [0.25, 0.3) is 0 Å². The van der Waals surface area contributed by atoms with E-state index in [0.717, 1.165) is 5.92 Å². The Hall–Kier alpha value is -1.14. The van der Waals surface area contributed by atoms with Crippen LogP contribution < -0.4 is 16.4 Å². The molecule has 1 unspecified atom stereocenters. The molecule has 0 aliphatic carbocycles. The summed E-state index contributed by atoms with van der Waals surface area (Å²) in [7, 11) is 1.66. The molecule has 0 aromatic heterocycles. The summed E-state index contributed by atoms with van der Waals surface area (Å²) in [6.07, 6.45) is 0. The van der Waals surface area contributed by atoms with Gasteiger partial charge in [0.2, 0.25) is 5.91 Å². The lowest BCUT2D eigenvalue weighted by atomic mass is 10.3. The van der Waals surface area contributed by atoms with Crippen molar-refractivity contribution in [2.45, 2.75) is 26.8 Å². The van der Waals surface area contributed by atoms with E-state index in [1.807, 2.05) is 0 Å². The highest BCUT2D eigenvalue weighted by atomic mass is 16.4. The zero-order valence-corrected chi connectivity index (χ0v) is 10.4. The van der Waals surface area contributed by atoms with Crippen molar-refractivity contribution in [2.75, 3.05) is 20.1 Å². The number of carboxylic acids is 1. The molecule has 16 heavy (non-hydrogen) atoms. The number of amides is 1. The average Bonchev–Trinajstić information content (AvgIpc) is 2.13. The quantitative estimate of drug-likeness (QED) is 0.507. The molecule has 0 spiro atoms. The Labute approximate surface area is 96.6 Å². The van der Waals surface area contributed by atoms with Gasteiger partial charge in [0.05, 0.1) is 6.04 Å². The van der Waals surface area contributed by atoms with E-state index in [1.165, 1.54) is 0 Å². The first-order valence-corrected chi connectivity index (χ1v) is 5.20. The van der Waals surface area contributed by atoms with E-state index in [0.29, 0.717) is 6.54 Å². The molecule has 5 N–H and O–H groups in total. The standard InChI is InChI=1S/C6H13N3O3.C4H10/c1-8-2-4(7)6(12)9-3-5(10)11;1-4(2)3/h4,8H,2-3,7H2,1H3,(H,9,12)(H,10,11);4H,1-3H3. The highest BCUT2D eigenvalue weighted by Gasteiger charge is 2.12. The van der Waals surface area contributed by atoms with Crippen molar-refractivity contribution in [2.24, 2.45) is 11.7 Å². The third-order valence-corrected chi connectivity index (χ3v) is 1.17. The fraction of sp³-hybridized carbons (Fsp3) is 0.800. The van der Waals surface area contributed by atoms with Crippen molar-refractivity contribution in [3.05, 3.63) is 0 Å². The van der Waals surface area contributed by atoms with Gasteiger partial charge in [-0.25, -0.2) is 0 Å². The molecule has 0 radical (unpaired) electrons. The highest BCUT2D eigenvalue weighted by Crippen LogP contribution is 1.81. The lowest BCUT2D eigenvalue weighted by Crippen LogP contribution is -2.47. The third kappa shape index (κ3) is 15.3. The van der Waals surface area contributed by atoms with E-state index >= 15 is 0 Å². The maximum absolute atomic E-state index is 10.9. The van der Waals surface area contributed by atoms with Gasteiger partial charge in [0.1, 0.15) is 6.54 Å². The maximum atomic E-state index is 10.9. The van der Waals surface area contributed by atoms with Gasteiger partial charge in [-0.3, -0.25) is 9.59 Å². The summed E-state index contributed by atoms with van der Waals surface area (Å²) < 4.78 is 0. The van der Waals surface area contributed by atoms with Crippen LogP contribution in [-0.2, 0) is 9.59 Å². The molecule has 6 heteroatoms. The summed E-state index contributed by atoms with van der Waals surface area (Å²) in [5.74, 6) is -0.716. The van der Waals surface area contributed by atoms with E-state index in [-0.39, 0.29) is 0 Å². The zero-order valence-electron chi connectivity index (χ0n) is 10.4. The van der Waals surface area contributed by atoms with Gasteiger partial charge < -0.3 is 21.5 Å². The van der Waals surface area contributed by atoms with E-state index in [9.17, 15) is 9.59 Å². The summed E-state index contributed by atoms with van der Waals surface area (Å²) in [6, 6.07) is -0.700. The third-order valence-electron chi connectivity index (χ3n) is 1.17. The molecule has 0 saturated heterocycles. The van der Waals surface area contributed by atoms with Gasteiger partial charge >= 0.3 is 5.97 Å². The van der Waals surface area contributed by atoms with Gasteiger partial charge in [0, 0.05) is 6.54 Å². The summed E-state index contributed by atoms with van der Waals surface area (Å²) in [5.41, 5.74) is 5.35. The van der Waals surface area contributed by atoms with Gasteiger partial charge in [-0.15, -0.1) is 0 Å². The van der Waals surface area contributed by atoms with Crippen molar-refractivity contribution in [3.8, 4) is 0 Å². The van der Waals surface area contributed by atoms with Crippen LogP contribution in [0.3, 0.4) is 0 Å². The fourth-order valence-electron chi connectivity index (χ4n) is 0.606. The van der Waals surface area contributed by atoms with Crippen molar-refractivity contribution in [1.82, 2.24) is 10.6 Å². The normalized spacial score (nSPS) is 11.4. The molecule has 0 fully saturated rings. The Bertz CT molecular complexity index is 205. The molecular weight excluding hydrogens is 210 g/mol. The number of likely N-dealkylation sites (N-methyl/N-ethyl adjacent to an activating group) is 1. The second-order valence-corrected chi connectivity index (χ2v) is 4.01. The van der Waals surface area contributed by atoms with E-state index in [4.69, 9.17) is 10.8 Å². The van der Waals surface area contributed by atoms with Crippen LogP contribution in [0, 0.1) is 5.92 Å². The SMILES string of the molecule is CC(C)C.CNCC(N)C(=O)NCC(=O)O. The number of rotatable bonds is 5. The minimum absolute atomic E-state index is 0.325. The summed E-state index contributed by atoms with van der Waals surface area (Å²) in [6.45, 7) is 6.43. The Morgan fingerprint density at radius 1 is 1.31 bits per heavy atom. The van der Waals surface area contributed by atoms with Crippen LogP contribution in [0.5, 0.6) is 0 Å². The minimum Gasteiger partial charge on any atom is -0.480 e. The van der Waals surface area contributed by atoms with Crippen LogP contribution in [0.25, 0.3) is 0 Å². The Morgan fingerprint density at radius 3 is 2.06 bits per heavy atom. The van der Waals surface area contributed by atoms with Gasteiger partial charge in [-0.2, -0.15) is 0 Å². The zero-order chi connectivity index (χ0) is 13.1. The molecule has 0 rings (SSSR count). The minimum atomic E-state index is -1.08. The molecule has 0 aliphatic rings. The number of carboxylic acid groups (broad SMARTS) is 1. The van der Waals surface area contributed by atoms with Crippen molar-refractivity contribution in [3.63, 3.8) is 0 Å². The fourth-order valence-corrected chi connectivity index (χ4v) is 0.606. The molecule has 1 atom stereocenters.